The van der Waals surface area contributed by atoms with Gasteiger partial charge in [-0.3, -0.25) is 19.3 Å². The van der Waals surface area contributed by atoms with Gasteiger partial charge in [-0.1, -0.05) is 0 Å². The van der Waals surface area contributed by atoms with Crippen molar-refractivity contribution in [2.24, 2.45) is 0 Å². The SMILES string of the molecule is CC(C)Oc1ccc(C(=O)NCC(=O)N2CCN(CC(=O)N3CCCCC3)CC2)cc1. The van der Waals surface area contributed by atoms with Crippen LogP contribution in [0.5, 0.6) is 5.75 Å². The minimum absolute atomic E-state index is 0.0320. The van der Waals surface area contributed by atoms with Gasteiger partial charge in [-0.25, -0.2) is 0 Å². The number of nitrogens with one attached hydrogen (secondary N) is 1. The number of hydrogen-bond acceptors (Lipinski definition) is 5. The van der Waals surface area contributed by atoms with E-state index < -0.39 is 0 Å². The molecule has 8 nitrogen and oxygen atoms in total. The molecule has 170 valence electrons. The molecule has 2 heterocycles. The van der Waals surface area contributed by atoms with E-state index in [-0.39, 0.29) is 30.4 Å². The molecule has 1 N–H and O–H groups in total. The maximum absolute atomic E-state index is 12.5. The van der Waals surface area contributed by atoms with Crippen LogP contribution in [-0.2, 0) is 9.59 Å². The van der Waals surface area contributed by atoms with Gasteiger partial charge >= 0.3 is 0 Å². The summed E-state index contributed by atoms with van der Waals surface area (Å²) < 4.78 is 5.57. The predicted octanol–water partition coefficient (Wildman–Crippen LogP) is 1.36. The average Bonchev–Trinajstić information content (AvgIpc) is 2.78. The first kappa shape index (κ1) is 23.1. The molecule has 2 aliphatic heterocycles. The van der Waals surface area contributed by atoms with Crippen molar-refractivity contribution in [3.63, 3.8) is 0 Å². The number of likely N-dealkylation sites (tertiary alicyclic amines) is 1. The summed E-state index contributed by atoms with van der Waals surface area (Å²) in [5.41, 5.74) is 0.491. The Bertz CT molecular complexity index is 751. The molecule has 8 heteroatoms. The summed E-state index contributed by atoms with van der Waals surface area (Å²) in [7, 11) is 0. The Morgan fingerprint density at radius 3 is 2.10 bits per heavy atom. The monoisotopic (exact) mass is 430 g/mol. The first-order chi connectivity index (χ1) is 14.9. The molecule has 0 radical (unpaired) electrons. The van der Waals surface area contributed by atoms with Crippen molar-refractivity contribution in [3.05, 3.63) is 29.8 Å². The molecule has 3 rings (SSSR count). The largest absolute Gasteiger partial charge is 0.491 e. The Kier molecular flexibility index (Phi) is 8.28. The molecule has 2 aliphatic rings. The zero-order valence-corrected chi connectivity index (χ0v) is 18.6. The number of ether oxygens (including phenoxy) is 1. The summed E-state index contributed by atoms with van der Waals surface area (Å²) in [5.74, 6) is 0.515. The Morgan fingerprint density at radius 1 is 0.871 bits per heavy atom. The summed E-state index contributed by atoms with van der Waals surface area (Å²) >= 11 is 0. The van der Waals surface area contributed by atoms with Gasteiger partial charge in [-0.2, -0.15) is 0 Å². The first-order valence-corrected chi connectivity index (χ1v) is 11.2. The van der Waals surface area contributed by atoms with E-state index in [2.05, 4.69) is 10.2 Å². The molecule has 0 aromatic heterocycles. The molecule has 0 saturated carbocycles. The van der Waals surface area contributed by atoms with Gasteiger partial charge in [0.25, 0.3) is 5.91 Å². The predicted molar refractivity (Wildman–Crippen MR) is 118 cm³/mol. The fourth-order valence-corrected chi connectivity index (χ4v) is 3.92. The molecule has 0 unspecified atom stereocenters. The van der Waals surface area contributed by atoms with Crippen molar-refractivity contribution in [1.29, 1.82) is 0 Å². The first-order valence-electron chi connectivity index (χ1n) is 11.2. The van der Waals surface area contributed by atoms with Crippen LogP contribution < -0.4 is 10.1 Å². The molecule has 1 aromatic rings. The zero-order chi connectivity index (χ0) is 22.2. The van der Waals surface area contributed by atoms with Gasteiger partial charge < -0.3 is 19.9 Å². The number of hydrogen-bond donors (Lipinski definition) is 1. The summed E-state index contributed by atoms with van der Waals surface area (Å²) in [6.07, 6.45) is 3.46. The van der Waals surface area contributed by atoms with Crippen LogP contribution in [-0.4, -0.2) is 90.9 Å². The smallest absolute Gasteiger partial charge is 0.251 e. The molecule has 31 heavy (non-hydrogen) atoms. The van der Waals surface area contributed by atoms with Crippen LogP contribution in [0.15, 0.2) is 24.3 Å². The fourth-order valence-electron chi connectivity index (χ4n) is 3.92. The Labute approximate surface area is 184 Å². The number of rotatable bonds is 7. The zero-order valence-electron chi connectivity index (χ0n) is 18.6. The summed E-state index contributed by atoms with van der Waals surface area (Å²) in [6.45, 7) is 8.51. The topological polar surface area (TPSA) is 82.2 Å². The highest BCUT2D eigenvalue weighted by Crippen LogP contribution is 2.14. The van der Waals surface area contributed by atoms with E-state index >= 15 is 0 Å². The van der Waals surface area contributed by atoms with E-state index in [0.717, 1.165) is 25.9 Å². The summed E-state index contributed by atoms with van der Waals surface area (Å²) in [4.78, 5) is 43.0. The average molecular weight is 431 g/mol. The van der Waals surface area contributed by atoms with Crippen molar-refractivity contribution in [1.82, 2.24) is 20.0 Å². The van der Waals surface area contributed by atoms with Gasteiger partial charge in [0.1, 0.15) is 5.75 Å². The van der Waals surface area contributed by atoms with Crippen molar-refractivity contribution in [3.8, 4) is 5.75 Å². The lowest BCUT2D eigenvalue weighted by atomic mass is 10.1. The third kappa shape index (κ3) is 6.95. The number of piperazine rings is 1. The Balaban J connectivity index is 1.37. The van der Waals surface area contributed by atoms with Crippen molar-refractivity contribution < 1.29 is 19.1 Å². The molecule has 0 atom stereocenters. The summed E-state index contributed by atoms with van der Waals surface area (Å²) in [5, 5.41) is 2.70. The minimum Gasteiger partial charge on any atom is -0.491 e. The lowest BCUT2D eigenvalue weighted by Crippen LogP contribution is -2.53. The second-order valence-electron chi connectivity index (χ2n) is 8.47. The number of benzene rings is 1. The highest BCUT2D eigenvalue weighted by molar-refractivity contribution is 5.96. The van der Waals surface area contributed by atoms with Crippen molar-refractivity contribution >= 4 is 17.7 Å². The molecule has 0 spiro atoms. The maximum atomic E-state index is 12.5. The van der Waals surface area contributed by atoms with Crippen LogP contribution >= 0.6 is 0 Å². The Morgan fingerprint density at radius 2 is 1.48 bits per heavy atom. The lowest BCUT2D eigenvalue weighted by molar-refractivity contribution is -0.135. The number of amides is 3. The van der Waals surface area contributed by atoms with Gasteiger partial charge in [0.2, 0.25) is 11.8 Å². The van der Waals surface area contributed by atoms with Gasteiger partial charge in [-0.15, -0.1) is 0 Å². The number of carbonyl (C=O) groups is 3. The third-order valence-corrected chi connectivity index (χ3v) is 5.68. The van der Waals surface area contributed by atoms with Crippen molar-refractivity contribution in [2.45, 2.75) is 39.2 Å². The highest BCUT2D eigenvalue weighted by atomic mass is 16.5. The van der Waals surface area contributed by atoms with E-state index in [9.17, 15) is 14.4 Å². The van der Waals surface area contributed by atoms with Crippen LogP contribution in [0.1, 0.15) is 43.5 Å². The molecule has 3 amide bonds. The van der Waals surface area contributed by atoms with Gasteiger partial charge in [-0.05, 0) is 57.4 Å². The lowest BCUT2D eigenvalue weighted by Gasteiger charge is -2.36. The minimum atomic E-state index is -0.282. The molecule has 1 aromatic carbocycles. The second kappa shape index (κ2) is 11.1. The standard InChI is InChI=1S/C23H34N4O4/c1-18(2)31-20-8-6-19(7-9-20)23(30)24-16-21(28)27-14-12-25(13-15-27)17-22(29)26-10-4-3-5-11-26/h6-9,18H,3-5,10-17H2,1-2H3,(H,24,30). The van der Waals surface area contributed by atoms with Crippen LogP contribution in [0, 0.1) is 0 Å². The highest BCUT2D eigenvalue weighted by Gasteiger charge is 2.25. The van der Waals surface area contributed by atoms with Crippen molar-refractivity contribution in [2.75, 3.05) is 52.4 Å². The third-order valence-electron chi connectivity index (χ3n) is 5.68. The quantitative estimate of drug-likeness (QED) is 0.706. The van der Waals surface area contributed by atoms with Gasteiger partial charge in [0.15, 0.2) is 0 Å². The van der Waals surface area contributed by atoms with E-state index in [1.807, 2.05) is 18.7 Å². The number of nitrogens with zero attached hydrogens (tertiary/aromatic N) is 3. The molecule has 0 aliphatic carbocycles. The van der Waals surface area contributed by atoms with Crippen LogP contribution in [0.25, 0.3) is 0 Å². The van der Waals surface area contributed by atoms with Gasteiger partial charge in [0.05, 0.1) is 19.2 Å². The summed E-state index contributed by atoms with van der Waals surface area (Å²) in [6, 6.07) is 6.88. The van der Waals surface area contributed by atoms with E-state index in [1.165, 1.54) is 6.42 Å². The molecule has 0 bridgehead atoms. The van der Waals surface area contributed by atoms with Crippen LogP contribution in [0.4, 0.5) is 0 Å². The number of carbonyl (C=O) groups excluding carboxylic acids is 3. The van der Waals surface area contributed by atoms with Crippen LogP contribution in [0.3, 0.4) is 0 Å². The molecular weight excluding hydrogens is 396 g/mol. The fraction of sp³-hybridized carbons (Fsp3) is 0.609. The molecular formula is C23H34N4O4. The van der Waals surface area contributed by atoms with Gasteiger partial charge in [0, 0.05) is 44.8 Å². The maximum Gasteiger partial charge on any atom is 0.251 e. The Hall–Kier alpha value is -2.61. The van der Waals surface area contributed by atoms with E-state index in [4.69, 9.17) is 4.74 Å². The molecule has 2 saturated heterocycles. The molecule has 2 fully saturated rings. The second-order valence-corrected chi connectivity index (χ2v) is 8.47. The van der Waals surface area contributed by atoms with E-state index in [1.54, 1.807) is 29.2 Å². The van der Waals surface area contributed by atoms with E-state index in [0.29, 0.717) is 44.0 Å². The van der Waals surface area contributed by atoms with Crippen LogP contribution in [0.2, 0.25) is 0 Å². The number of piperidine rings is 1. The normalized spacial score (nSPS) is 17.5.